The Balaban J connectivity index is 2.12. The van der Waals surface area contributed by atoms with E-state index in [2.05, 4.69) is 28.2 Å². The number of halogens is 1. The molecule has 0 aliphatic rings. The van der Waals surface area contributed by atoms with Crippen molar-refractivity contribution in [3.8, 4) is 0 Å². The van der Waals surface area contributed by atoms with Gasteiger partial charge in [0.05, 0.1) is 18.6 Å². The number of amides is 1. The molecule has 0 aliphatic heterocycles. The highest BCUT2D eigenvalue weighted by Gasteiger charge is 2.09. The summed E-state index contributed by atoms with van der Waals surface area (Å²) in [5, 5.41) is 2.72. The van der Waals surface area contributed by atoms with Crippen molar-refractivity contribution >= 4 is 27.8 Å². The van der Waals surface area contributed by atoms with Gasteiger partial charge in [-0.15, -0.1) is 0 Å². The molecule has 0 fully saturated rings. The van der Waals surface area contributed by atoms with Crippen molar-refractivity contribution in [3.63, 3.8) is 0 Å². The smallest absolute Gasteiger partial charge is 0.307 e. The van der Waals surface area contributed by atoms with E-state index in [0.29, 0.717) is 12.2 Å². The zero-order chi connectivity index (χ0) is 16.2. The molecule has 0 unspecified atom stereocenters. The minimum Gasteiger partial charge on any atom is -0.466 e. The first-order valence-electron chi connectivity index (χ1n) is 7.83. The lowest BCUT2D eigenvalue weighted by molar-refractivity contribution is -0.143. The van der Waals surface area contributed by atoms with Gasteiger partial charge in [0, 0.05) is 11.0 Å². The van der Waals surface area contributed by atoms with Crippen molar-refractivity contribution in [1.29, 1.82) is 0 Å². The first-order valence-corrected chi connectivity index (χ1v) is 8.62. The standard InChI is InChI=1S/C17H24BrNO3/c1-2-3-4-5-8-13-22-16(20)11-12-19-17(21)14-9-6-7-10-15(14)18/h6-7,9-10H,2-5,8,11-13H2,1H3,(H,19,21). The summed E-state index contributed by atoms with van der Waals surface area (Å²) in [6, 6.07) is 7.18. The van der Waals surface area contributed by atoms with E-state index in [4.69, 9.17) is 4.74 Å². The maximum atomic E-state index is 11.9. The number of hydrogen-bond acceptors (Lipinski definition) is 3. The van der Waals surface area contributed by atoms with Gasteiger partial charge < -0.3 is 10.1 Å². The Hall–Kier alpha value is -1.36. The van der Waals surface area contributed by atoms with Crippen LogP contribution in [-0.2, 0) is 9.53 Å². The Bertz CT molecular complexity index is 477. The third kappa shape index (κ3) is 7.59. The van der Waals surface area contributed by atoms with Crippen LogP contribution in [0.4, 0.5) is 0 Å². The number of carbonyl (C=O) groups excluding carboxylic acids is 2. The minimum atomic E-state index is -0.261. The van der Waals surface area contributed by atoms with E-state index < -0.39 is 0 Å². The highest BCUT2D eigenvalue weighted by molar-refractivity contribution is 9.10. The van der Waals surface area contributed by atoms with Crippen LogP contribution in [0.25, 0.3) is 0 Å². The molecule has 0 radical (unpaired) electrons. The Morgan fingerprint density at radius 1 is 1.14 bits per heavy atom. The summed E-state index contributed by atoms with van der Waals surface area (Å²) in [6.45, 7) is 2.93. The summed E-state index contributed by atoms with van der Waals surface area (Å²) in [6.07, 6.45) is 5.84. The van der Waals surface area contributed by atoms with Gasteiger partial charge in [-0.2, -0.15) is 0 Å². The minimum absolute atomic E-state index is 0.195. The van der Waals surface area contributed by atoms with Crippen LogP contribution in [-0.4, -0.2) is 25.0 Å². The van der Waals surface area contributed by atoms with Gasteiger partial charge in [0.25, 0.3) is 5.91 Å². The second kappa shape index (κ2) is 11.2. The van der Waals surface area contributed by atoms with Crippen LogP contribution in [0.2, 0.25) is 0 Å². The largest absolute Gasteiger partial charge is 0.466 e. The molecule has 5 heteroatoms. The van der Waals surface area contributed by atoms with E-state index >= 15 is 0 Å². The van der Waals surface area contributed by atoms with Crippen molar-refractivity contribution < 1.29 is 14.3 Å². The van der Waals surface area contributed by atoms with Crippen LogP contribution in [0.15, 0.2) is 28.7 Å². The third-order valence-electron chi connectivity index (χ3n) is 3.24. The zero-order valence-electron chi connectivity index (χ0n) is 13.1. The molecular formula is C17H24BrNO3. The molecule has 0 aromatic heterocycles. The topological polar surface area (TPSA) is 55.4 Å². The highest BCUT2D eigenvalue weighted by Crippen LogP contribution is 2.15. The summed E-state index contributed by atoms with van der Waals surface area (Å²) < 4.78 is 5.87. The molecule has 0 saturated heterocycles. The number of nitrogens with one attached hydrogen (secondary N) is 1. The van der Waals surface area contributed by atoms with Gasteiger partial charge in [-0.3, -0.25) is 9.59 Å². The predicted octanol–water partition coefficient (Wildman–Crippen LogP) is 4.08. The molecule has 22 heavy (non-hydrogen) atoms. The van der Waals surface area contributed by atoms with E-state index in [-0.39, 0.29) is 24.8 Å². The van der Waals surface area contributed by atoms with Gasteiger partial charge in [-0.1, -0.05) is 44.7 Å². The van der Waals surface area contributed by atoms with Crippen LogP contribution in [0.5, 0.6) is 0 Å². The zero-order valence-corrected chi connectivity index (χ0v) is 14.7. The Morgan fingerprint density at radius 3 is 2.59 bits per heavy atom. The molecule has 0 bridgehead atoms. The first kappa shape index (κ1) is 18.7. The average Bonchev–Trinajstić information content (AvgIpc) is 2.51. The van der Waals surface area contributed by atoms with E-state index in [0.717, 1.165) is 17.3 Å². The molecule has 1 amide bonds. The van der Waals surface area contributed by atoms with Crippen molar-refractivity contribution in [2.45, 2.75) is 45.4 Å². The lowest BCUT2D eigenvalue weighted by Gasteiger charge is -2.07. The van der Waals surface area contributed by atoms with E-state index in [1.165, 1.54) is 19.3 Å². The van der Waals surface area contributed by atoms with Gasteiger partial charge in [-0.25, -0.2) is 0 Å². The number of esters is 1. The van der Waals surface area contributed by atoms with Crippen LogP contribution >= 0.6 is 15.9 Å². The second-order valence-electron chi connectivity index (χ2n) is 5.12. The highest BCUT2D eigenvalue weighted by atomic mass is 79.9. The lowest BCUT2D eigenvalue weighted by atomic mass is 10.2. The van der Waals surface area contributed by atoms with Gasteiger partial charge in [0.15, 0.2) is 0 Å². The Kier molecular flexibility index (Phi) is 9.55. The Labute approximate surface area is 140 Å². The molecular weight excluding hydrogens is 346 g/mol. The Morgan fingerprint density at radius 2 is 1.86 bits per heavy atom. The number of benzene rings is 1. The summed E-state index contributed by atoms with van der Waals surface area (Å²) >= 11 is 3.33. The summed E-state index contributed by atoms with van der Waals surface area (Å²) in [4.78, 5) is 23.4. The number of rotatable bonds is 10. The summed E-state index contributed by atoms with van der Waals surface area (Å²) in [5.74, 6) is -0.456. The van der Waals surface area contributed by atoms with Crippen molar-refractivity contribution in [1.82, 2.24) is 5.32 Å². The fourth-order valence-corrected chi connectivity index (χ4v) is 2.45. The molecule has 1 N–H and O–H groups in total. The molecule has 1 aromatic rings. The lowest BCUT2D eigenvalue weighted by Crippen LogP contribution is -2.26. The maximum Gasteiger partial charge on any atom is 0.307 e. The number of unbranched alkanes of at least 4 members (excludes halogenated alkanes) is 4. The molecule has 0 atom stereocenters. The van der Waals surface area contributed by atoms with E-state index in [9.17, 15) is 9.59 Å². The summed E-state index contributed by atoms with van der Waals surface area (Å²) in [5.41, 5.74) is 0.562. The quantitative estimate of drug-likeness (QED) is 0.499. The number of ether oxygens (including phenoxy) is 1. The monoisotopic (exact) mass is 369 g/mol. The molecule has 0 spiro atoms. The van der Waals surface area contributed by atoms with E-state index in [1.54, 1.807) is 12.1 Å². The first-order chi connectivity index (χ1) is 10.6. The number of carbonyl (C=O) groups is 2. The van der Waals surface area contributed by atoms with Gasteiger partial charge in [0.2, 0.25) is 0 Å². The molecule has 0 aliphatic carbocycles. The molecule has 0 saturated carbocycles. The second-order valence-corrected chi connectivity index (χ2v) is 5.97. The number of hydrogen-bond donors (Lipinski definition) is 1. The van der Waals surface area contributed by atoms with Gasteiger partial charge in [0.1, 0.15) is 0 Å². The molecule has 0 heterocycles. The van der Waals surface area contributed by atoms with Gasteiger partial charge >= 0.3 is 5.97 Å². The molecule has 1 aromatic carbocycles. The van der Waals surface area contributed by atoms with Crippen LogP contribution in [0.1, 0.15) is 55.8 Å². The molecule has 1 rings (SSSR count). The summed E-state index contributed by atoms with van der Waals surface area (Å²) in [7, 11) is 0. The van der Waals surface area contributed by atoms with E-state index in [1.807, 2.05) is 12.1 Å². The molecule has 4 nitrogen and oxygen atoms in total. The van der Waals surface area contributed by atoms with Gasteiger partial charge in [-0.05, 0) is 34.5 Å². The van der Waals surface area contributed by atoms with Crippen molar-refractivity contribution in [2.75, 3.05) is 13.2 Å². The molecule has 122 valence electrons. The van der Waals surface area contributed by atoms with Crippen LogP contribution in [0, 0.1) is 0 Å². The fourth-order valence-electron chi connectivity index (χ4n) is 1.98. The SMILES string of the molecule is CCCCCCCOC(=O)CCNC(=O)c1ccccc1Br. The van der Waals surface area contributed by atoms with Crippen molar-refractivity contribution in [3.05, 3.63) is 34.3 Å². The normalized spacial score (nSPS) is 10.3. The predicted molar refractivity (Wildman–Crippen MR) is 90.8 cm³/mol. The maximum absolute atomic E-state index is 11.9. The van der Waals surface area contributed by atoms with Crippen molar-refractivity contribution in [2.24, 2.45) is 0 Å². The van der Waals surface area contributed by atoms with Crippen LogP contribution in [0.3, 0.4) is 0 Å². The third-order valence-corrected chi connectivity index (χ3v) is 3.94. The fraction of sp³-hybridized carbons (Fsp3) is 0.529. The van der Waals surface area contributed by atoms with Crippen LogP contribution < -0.4 is 5.32 Å². The average molecular weight is 370 g/mol.